The minimum atomic E-state index is -2.38. The number of aryl methyl sites for hydroxylation is 6. The van der Waals surface area contributed by atoms with Crippen molar-refractivity contribution in [2.45, 2.75) is 39.4 Å². The van der Waals surface area contributed by atoms with Gasteiger partial charge in [-0.25, -0.2) is 0 Å². The molecule has 5 heteroatoms. The van der Waals surface area contributed by atoms with Gasteiger partial charge in [-0.1, -0.05) is 132 Å². The van der Waals surface area contributed by atoms with Crippen molar-refractivity contribution < 1.29 is 32.7 Å². The third-order valence-electron chi connectivity index (χ3n) is 13.7. The maximum atomic E-state index is 8.58. The summed E-state index contributed by atoms with van der Waals surface area (Å²) < 4.78 is 58.3. The second-order valence-corrected chi connectivity index (χ2v) is 18.4. The standard InChI is InChI=1S/C69H50N3O.Ir/c1-46-37-65(53-17-8-4-9-18-53)71-43-57(46)27-25-48-39-49(26-28-58-44-72-66(38-47(58)2)54-19-10-5-11-20-54)41-60(40-48)61-34-35-63-62-23-12-13-24-67(62)73-69(63)68(61)59-33-36-64(70-45-59)56-22-14-21-55(42-56)52-31-29-51(30-32-52)50-15-6-3-7-16-50;/h3-17,19,21,23-24,29-45H,25-28H2,1-2H3;/q-3;+3/i1D3,2D3;. The monoisotopic (exact) mass is 1140 g/mol. The minimum Gasteiger partial charge on any atom is -0.455 e. The van der Waals surface area contributed by atoms with Crippen LogP contribution in [0.2, 0.25) is 0 Å². The van der Waals surface area contributed by atoms with E-state index in [-0.39, 0.29) is 31.2 Å². The van der Waals surface area contributed by atoms with Gasteiger partial charge in [-0.2, -0.15) is 0 Å². The van der Waals surface area contributed by atoms with Gasteiger partial charge in [0.2, 0.25) is 0 Å². The Morgan fingerprint density at radius 1 is 0.419 bits per heavy atom. The summed E-state index contributed by atoms with van der Waals surface area (Å²) in [5.74, 6) is 0. The predicted molar refractivity (Wildman–Crippen MR) is 299 cm³/mol. The van der Waals surface area contributed by atoms with Crippen LogP contribution in [0.15, 0.2) is 223 Å². The molecule has 0 aliphatic rings. The van der Waals surface area contributed by atoms with Crippen LogP contribution in [0, 0.1) is 31.9 Å². The number of hydrogen-bond donors (Lipinski definition) is 0. The van der Waals surface area contributed by atoms with Gasteiger partial charge in [0.25, 0.3) is 0 Å². The third-order valence-corrected chi connectivity index (χ3v) is 13.7. The second kappa shape index (κ2) is 21.4. The summed E-state index contributed by atoms with van der Waals surface area (Å²) in [6.45, 7) is -4.76. The SMILES string of the molecule is [2H]C([2H])([2H])c1cc(-c2[c-]cccc2)ncc1CCc1cc(CCc2cnc(-c3[c-]cccc3)cc2C([2H])([2H])[2H])cc(-c2ccc3c(oc4ccccc43)c2-c2ccc(-c3[c-]ccc(-c4ccc(-c5ccccc5)cc4)c3)nc2)c1.[Ir+3]. The first-order valence-corrected chi connectivity index (χ1v) is 24.5. The molecule has 8 aromatic carbocycles. The number of aromatic nitrogens is 3. The summed E-state index contributed by atoms with van der Waals surface area (Å²) >= 11 is 0. The number of para-hydroxylation sites is 1. The van der Waals surface area contributed by atoms with E-state index in [0.717, 1.165) is 94.4 Å². The van der Waals surface area contributed by atoms with Crippen molar-refractivity contribution in [1.29, 1.82) is 0 Å². The molecule has 4 heterocycles. The fourth-order valence-electron chi connectivity index (χ4n) is 9.83. The molecule has 12 aromatic rings. The Bertz CT molecular complexity index is 4020. The van der Waals surface area contributed by atoms with Crippen LogP contribution in [0.25, 0.3) is 100 Å². The van der Waals surface area contributed by atoms with Crippen LogP contribution in [0.3, 0.4) is 0 Å². The van der Waals surface area contributed by atoms with E-state index in [4.69, 9.17) is 27.6 Å². The molecule has 0 radical (unpaired) electrons. The topological polar surface area (TPSA) is 51.8 Å². The zero-order valence-corrected chi connectivity index (χ0v) is 42.6. The Labute approximate surface area is 455 Å². The molecule has 0 fully saturated rings. The van der Waals surface area contributed by atoms with E-state index in [2.05, 4.69) is 121 Å². The fraction of sp³-hybridized carbons (Fsp3) is 0.0870. The van der Waals surface area contributed by atoms with Gasteiger partial charge in [0, 0.05) is 48.7 Å². The van der Waals surface area contributed by atoms with Gasteiger partial charge in [0.15, 0.2) is 0 Å². The molecule has 74 heavy (non-hydrogen) atoms. The molecule has 0 aliphatic heterocycles. The molecule has 0 unspecified atom stereocenters. The van der Waals surface area contributed by atoms with Gasteiger partial charge >= 0.3 is 20.1 Å². The van der Waals surface area contributed by atoms with Crippen molar-refractivity contribution in [3.63, 3.8) is 0 Å². The molecular formula is C69H50IrN3O. The van der Waals surface area contributed by atoms with Crippen molar-refractivity contribution in [3.05, 3.63) is 270 Å². The van der Waals surface area contributed by atoms with Crippen LogP contribution in [0.5, 0.6) is 0 Å². The zero-order valence-electron chi connectivity index (χ0n) is 46.2. The summed E-state index contributed by atoms with van der Waals surface area (Å²) in [5, 5.41) is 1.97. The normalized spacial score (nSPS) is 12.8. The van der Waals surface area contributed by atoms with Crippen LogP contribution in [-0.2, 0) is 45.8 Å². The molecule has 0 amide bonds. The van der Waals surface area contributed by atoms with Crippen molar-refractivity contribution in [3.8, 4) is 78.3 Å². The molecule has 4 aromatic heterocycles. The Morgan fingerprint density at radius 2 is 1.00 bits per heavy atom. The first-order valence-electron chi connectivity index (χ1n) is 27.5. The summed E-state index contributed by atoms with van der Waals surface area (Å²) in [4.78, 5) is 14.6. The van der Waals surface area contributed by atoms with Crippen molar-refractivity contribution >= 4 is 21.9 Å². The summed E-state index contributed by atoms with van der Waals surface area (Å²) in [7, 11) is 0. The number of nitrogens with zero attached hydrogens (tertiary/aromatic N) is 3. The molecule has 0 N–H and O–H groups in total. The number of hydrogen-bond acceptors (Lipinski definition) is 4. The maximum Gasteiger partial charge on any atom is 3.00 e. The number of furan rings is 1. The van der Waals surface area contributed by atoms with Gasteiger partial charge in [0.1, 0.15) is 11.2 Å². The van der Waals surface area contributed by atoms with Gasteiger partial charge < -0.3 is 19.4 Å². The Kier molecular flexibility index (Phi) is 11.9. The first kappa shape index (κ1) is 41.2. The molecule has 12 rings (SSSR count). The van der Waals surface area contributed by atoms with Crippen molar-refractivity contribution in [2.75, 3.05) is 0 Å². The van der Waals surface area contributed by atoms with E-state index in [1.807, 2.05) is 79.0 Å². The first-order chi connectivity index (χ1) is 38.4. The summed E-state index contributed by atoms with van der Waals surface area (Å²) in [6, 6.07) is 75.9. The smallest absolute Gasteiger partial charge is 0.455 e. The molecule has 0 bridgehead atoms. The predicted octanol–water partition coefficient (Wildman–Crippen LogP) is 17.0. The molecule has 0 aliphatic carbocycles. The van der Waals surface area contributed by atoms with E-state index >= 15 is 0 Å². The molecule has 0 saturated carbocycles. The van der Waals surface area contributed by atoms with E-state index in [0.29, 0.717) is 48.2 Å². The fourth-order valence-corrected chi connectivity index (χ4v) is 9.83. The Hall–Kier alpha value is -8.34. The average molecular weight is 1140 g/mol. The maximum absolute atomic E-state index is 8.58. The largest absolute Gasteiger partial charge is 3.00 e. The van der Waals surface area contributed by atoms with Crippen LogP contribution in [0.1, 0.15) is 41.6 Å². The average Bonchev–Trinajstić information content (AvgIpc) is 3.99. The summed E-state index contributed by atoms with van der Waals surface area (Å²) in [6.07, 6.45) is 7.09. The van der Waals surface area contributed by atoms with E-state index < -0.39 is 13.7 Å². The van der Waals surface area contributed by atoms with Gasteiger partial charge in [-0.05, 0) is 119 Å². The number of benzene rings is 8. The van der Waals surface area contributed by atoms with Crippen molar-refractivity contribution in [2.24, 2.45) is 0 Å². The molecule has 356 valence electrons. The van der Waals surface area contributed by atoms with Crippen LogP contribution >= 0.6 is 0 Å². The molecule has 0 atom stereocenters. The minimum absolute atomic E-state index is 0. The Morgan fingerprint density at radius 3 is 1.62 bits per heavy atom. The van der Waals surface area contributed by atoms with Crippen molar-refractivity contribution in [1.82, 2.24) is 15.0 Å². The van der Waals surface area contributed by atoms with Gasteiger partial charge in [-0.15, -0.1) is 107 Å². The van der Waals surface area contributed by atoms with E-state index in [9.17, 15) is 0 Å². The van der Waals surface area contributed by atoms with Gasteiger partial charge in [-0.3, -0.25) is 0 Å². The molecule has 0 saturated heterocycles. The van der Waals surface area contributed by atoms with Crippen LogP contribution < -0.4 is 0 Å². The van der Waals surface area contributed by atoms with Crippen LogP contribution in [0.4, 0.5) is 0 Å². The molecule has 4 nitrogen and oxygen atoms in total. The second-order valence-electron chi connectivity index (χ2n) is 18.4. The quantitative estimate of drug-likeness (QED) is 0.108. The van der Waals surface area contributed by atoms with Crippen LogP contribution in [-0.4, -0.2) is 15.0 Å². The zero-order chi connectivity index (χ0) is 54.1. The third kappa shape index (κ3) is 10.1. The molecule has 0 spiro atoms. The number of fused-ring (bicyclic) bond motifs is 3. The molecular weight excluding hydrogens is 1080 g/mol. The summed E-state index contributed by atoms with van der Waals surface area (Å²) in [5.41, 5.74) is 17.4. The van der Waals surface area contributed by atoms with E-state index in [1.54, 1.807) is 36.7 Å². The van der Waals surface area contributed by atoms with Gasteiger partial charge in [0.05, 0.1) is 0 Å². The number of rotatable bonds is 13. The number of pyridine rings is 3. The Balaban J connectivity index is 0.00000675. The van der Waals surface area contributed by atoms with E-state index in [1.165, 1.54) is 5.56 Å².